The maximum absolute atomic E-state index is 11.5. The van der Waals surface area contributed by atoms with E-state index < -0.39 is 11.4 Å². The van der Waals surface area contributed by atoms with E-state index in [1.165, 1.54) is 12.2 Å². The van der Waals surface area contributed by atoms with Gasteiger partial charge in [-0.25, -0.2) is 0 Å². The van der Waals surface area contributed by atoms with E-state index >= 15 is 0 Å². The topological polar surface area (TPSA) is 66.4 Å². The average Bonchev–Trinajstić information content (AvgIpc) is 2.66. The molecule has 1 heterocycles. The minimum absolute atomic E-state index is 0.0414. The predicted octanol–water partition coefficient (Wildman–Crippen LogP) is 1.50. The lowest BCUT2D eigenvalue weighted by Gasteiger charge is -2.19. The summed E-state index contributed by atoms with van der Waals surface area (Å²) in [6.07, 6.45) is 2.40. The Morgan fingerprint density at radius 1 is 1.50 bits per heavy atom. The number of carbonyl (C=O) groups excluding carboxylic acids is 1. The number of aliphatic carboxylic acids is 1. The van der Waals surface area contributed by atoms with E-state index in [9.17, 15) is 9.59 Å². The van der Waals surface area contributed by atoms with E-state index in [4.69, 9.17) is 5.11 Å². The summed E-state index contributed by atoms with van der Waals surface area (Å²) >= 11 is 1.88. The Balaban J connectivity index is 2.27. The van der Waals surface area contributed by atoms with Crippen molar-refractivity contribution in [2.75, 3.05) is 12.3 Å². The number of carboxylic acids is 1. The Morgan fingerprint density at radius 3 is 2.69 bits per heavy atom. The van der Waals surface area contributed by atoms with Gasteiger partial charge < -0.3 is 10.4 Å². The van der Waals surface area contributed by atoms with Crippen molar-refractivity contribution in [2.45, 2.75) is 38.4 Å². The number of amides is 1. The molecule has 1 atom stereocenters. The van der Waals surface area contributed by atoms with Crippen molar-refractivity contribution >= 4 is 23.6 Å². The van der Waals surface area contributed by atoms with Gasteiger partial charge in [0.15, 0.2) is 0 Å². The van der Waals surface area contributed by atoms with Crippen molar-refractivity contribution in [1.29, 1.82) is 0 Å². The number of hydrogen-bond acceptors (Lipinski definition) is 3. The van der Waals surface area contributed by atoms with Gasteiger partial charge in [-0.3, -0.25) is 9.59 Å². The first kappa shape index (κ1) is 13.4. The fraction of sp³-hybridized carbons (Fsp3) is 0.818. The number of hydrogen-bond donors (Lipinski definition) is 2. The van der Waals surface area contributed by atoms with Gasteiger partial charge in [0.1, 0.15) is 0 Å². The normalized spacial score (nSPS) is 20.8. The van der Waals surface area contributed by atoms with E-state index in [0.29, 0.717) is 11.8 Å². The summed E-state index contributed by atoms with van der Waals surface area (Å²) in [6.45, 7) is 3.80. The molecular formula is C11H19NO3S. The minimum atomic E-state index is -0.979. The van der Waals surface area contributed by atoms with Crippen LogP contribution in [-0.2, 0) is 9.59 Å². The summed E-state index contributed by atoms with van der Waals surface area (Å²) in [6, 6.07) is 0. The zero-order valence-electron chi connectivity index (χ0n) is 9.78. The predicted molar refractivity (Wildman–Crippen MR) is 64.5 cm³/mol. The molecule has 4 nitrogen and oxygen atoms in total. The van der Waals surface area contributed by atoms with E-state index in [1.54, 1.807) is 13.8 Å². The van der Waals surface area contributed by atoms with Crippen LogP contribution in [0.4, 0.5) is 0 Å². The molecule has 0 aliphatic carbocycles. The zero-order chi connectivity index (χ0) is 12.2. The Hall–Kier alpha value is -0.710. The van der Waals surface area contributed by atoms with Crippen LogP contribution >= 0.6 is 11.8 Å². The molecule has 1 aliphatic rings. The molecule has 1 saturated heterocycles. The Morgan fingerprint density at radius 2 is 2.19 bits per heavy atom. The van der Waals surface area contributed by atoms with Crippen molar-refractivity contribution in [3.8, 4) is 0 Å². The van der Waals surface area contributed by atoms with Crippen LogP contribution in [0.5, 0.6) is 0 Å². The van der Waals surface area contributed by atoms with Crippen molar-refractivity contribution in [2.24, 2.45) is 5.41 Å². The monoisotopic (exact) mass is 245 g/mol. The number of nitrogens with one attached hydrogen (secondary N) is 1. The van der Waals surface area contributed by atoms with E-state index in [1.807, 2.05) is 11.8 Å². The molecule has 0 aromatic heterocycles. The molecule has 1 fully saturated rings. The molecule has 92 valence electrons. The highest BCUT2D eigenvalue weighted by Crippen LogP contribution is 2.25. The number of thioether (sulfide) groups is 1. The summed E-state index contributed by atoms with van der Waals surface area (Å²) in [4.78, 5) is 22.4. The van der Waals surface area contributed by atoms with Crippen molar-refractivity contribution in [3.05, 3.63) is 0 Å². The van der Waals surface area contributed by atoms with Gasteiger partial charge >= 0.3 is 5.97 Å². The van der Waals surface area contributed by atoms with Crippen molar-refractivity contribution in [1.82, 2.24) is 5.32 Å². The molecule has 0 aromatic rings. The van der Waals surface area contributed by atoms with Gasteiger partial charge in [-0.15, -0.1) is 0 Å². The first-order valence-electron chi connectivity index (χ1n) is 5.53. The van der Waals surface area contributed by atoms with E-state index in [-0.39, 0.29) is 12.3 Å². The third kappa shape index (κ3) is 4.04. The molecule has 2 N–H and O–H groups in total. The second-order valence-electron chi connectivity index (χ2n) is 4.80. The van der Waals surface area contributed by atoms with Crippen LogP contribution < -0.4 is 5.32 Å². The number of rotatable bonds is 5. The van der Waals surface area contributed by atoms with Gasteiger partial charge in [0.2, 0.25) is 5.91 Å². The third-order valence-corrected chi connectivity index (χ3v) is 4.13. The molecule has 0 bridgehead atoms. The lowest BCUT2D eigenvalue weighted by atomic mass is 9.89. The summed E-state index contributed by atoms with van der Waals surface area (Å²) in [5.41, 5.74) is -0.979. The summed E-state index contributed by atoms with van der Waals surface area (Å²) in [5, 5.41) is 12.2. The van der Waals surface area contributed by atoms with Gasteiger partial charge in [0, 0.05) is 18.2 Å². The van der Waals surface area contributed by atoms with Crippen molar-refractivity contribution < 1.29 is 14.7 Å². The number of carboxylic acid groups (broad SMARTS) is 1. The Kier molecular flexibility index (Phi) is 4.65. The van der Waals surface area contributed by atoms with Gasteiger partial charge in [-0.05, 0) is 32.4 Å². The van der Waals surface area contributed by atoms with Gasteiger partial charge in [0.05, 0.1) is 5.41 Å². The maximum Gasteiger partial charge on any atom is 0.309 e. The van der Waals surface area contributed by atoms with Crippen LogP contribution in [0.15, 0.2) is 0 Å². The third-order valence-electron chi connectivity index (χ3n) is 2.73. The Labute approximate surface area is 100 Å². The lowest BCUT2D eigenvalue weighted by Crippen LogP contribution is -2.35. The summed E-state index contributed by atoms with van der Waals surface area (Å²) < 4.78 is 0. The van der Waals surface area contributed by atoms with Gasteiger partial charge in [-0.1, -0.05) is 0 Å². The van der Waals surface area contributed by atoms with E-state index in [2.05, 4.69) is 5.32 Å². The maximum atomic E-state index is 11.5. The smallest absolute Gasteiger partial charge is 0.309 e. The molecule has 0 radical (unpaired) electrons. The van der Waals surface area contributed by atoms with Crippen LogP contribution in [-0.4, -0.2) is 34.5 Å². The largest absolute Gasteiger partial charge is 0.481 e. The van der Waals surface area contributed by atoms with Gasteiger partial charge in [0.25, 0.3) is 0 Å². The fourth-order valence-electron chi connectivity index (χ4n) is 1.57. The highest BCUT2D eigenvalue weighted by molar-refractivity contribution is 8.00. The van der Waals surface area contributed by atoms with Crippen LogP contribution in [0.25, 0.3) is 0 Å². The second kappa shape index (κ2) is 5.57. The summed E-state index contributed by atoms with van der Waals surface area (Å²) in [7, 11) is 0. The highest BCUT2D eigenvalue weighted by Gasteiger charge is 2.30. The number of carbonyl (C=O) groups is 2. The first-order valence-corrected chi connectivity index (χ1v) is 6.58. The Bertz CT molecular complexity index is 272. The molecule has 0 spiro atoms. The van der Waals surface area contributed by atoms with Crippen molar-refractivity contribution in [3.63, 3.8) is 0 Å². The van der Waals surface area contributed by atoms with Gasteiger partial charge in [-0.2, -0.15) is 11.8 Å². The van der Waals surface area contributed by atoms with Crippen LogP contribution in [0.1, 0.15) is 33.1 Å². The highest BCUT2D eigenvalue weighted by atomic mass is 32.2. The molecule has 5 heteroatoms. The first-order chi connectivity index (χ1) is 7.42. The zero-order valence-corrected chi connectivity index (χ0v) is 10.6. The van der Waals surface area contributed by atoms with Crippen LogP contribution in [0.3, 0.4) is 0 Å². The van der Waals surface area contributed by atoms with E-state index in [0.717, 1.165) is 6.42 Å². The second-order valence-corrected chi connectivity index (χ2v) is 6.21. The lowest BCUT2D eigenvalue weighted by molar-refractivity contribution is -0.149. The quantitative estimate of drug-likeness (QED) is 0.770. The molecule has 0 saturated carbocycles. The molecule has 16 heavy (non-hydrogen) atoms. The minimum Gasteiger partial charge on any atom is -0.481 e. The molecule has 1 aliphatic heterocycles. The molecule has 1 rings (SSSR count). The molecule has 0 aromatic carbocycles. The molecule has 1 amide bonds. The standard InChI is InChI=1S/C11H19NO3S/c1-11(2,10(14)15)6-9(13)12-7-8-4-3-5-16-8/h8H,3-7H2,1-2H3,(H,12,13)(H,14,15). The van der Waals surface area contributed by atoms with Crippen LogP contribution in [0, 0.1) is 5.41 Å². The summed E-state index contributed by atoms with van der Waals surface area (Å²) in [5.74, 6) is 0.0685. The van der Waals surface area contributed by atoms with Crippen LogP contribution in [0.2, 0.25) is 0 Å². The average molecular weight is 245 g/mol. The fourth-order valence-corrected chi connectivity index (χ4v) is 2.77. The molecular weight excluding hydrogens is 226 g/mol. The SMILES string of the molecule is CC(C)(CC(=O)NCC1CCCS1)C(=O)O. The molecule has 1 unspecified atom stereocenters.